The van der Waals surface area contributed by atoms with Crippen molar-refractivity contribution in [2.45, 2.75) is 65.2 Å². The third-order valence-electron chi connectivity index (χ3n) is 7.96. The van der Waals surface area contributed by atoms with Crippen molar-refractivity contribution in [3.05, 3.63) is 58.1 Å². The highest BCUT2D eigenvalue weighted by molar-refractivity contribution is 6.31. The van der Waals surface area contributed by atoms with E-state index in [4.69, 9.17) is 21.1 Å². The lowest BCUT2D eigenvalue weighted by molar-refractivity contribution is -0.149. The summed E-state index contributed by atoms with van der Waals surface area (Å²) in [5, 5.41) is 10.00. The minimum atomic E-state index is -1.09. The van der Waals surface area contributed by atoms with Gasteiger partial charge in [0.05, 0.1) is 24.1 Å². The van der Waals surface area contributed by atoms with Crippen molar-refractivity contribution in [3.63, 3.8) is 0 Å². The predicted octanol–water partition coefficient (Wildman–Crippen LogP) is 4.99. The van der Waals surface area contributed by atoms with E-state index in [1.54, 1.807) is 15.9 Å². The zero-order valence-corrected chi connectivity index (χ0v) is 23.5. The van der Waals surface area contributed by atoms with Crippen LogP contribution in [-0.2, 0) is 19.1 Å². The monoisotopic (exact) mass is 554 g/mol. The zero-order chi connectivity index (χ0) is 28.1. The number of aryl methyl sites for hydroxylation is 1. The lowest BCUT2D eigenvalue weighted by Gasteiger charge is -2.44. The maximum absolute atomic E-state index is 14.4. The Morgan fingerprint density at radius 3 is 2.59 bits per heavy atom. The second-order valence-corrected chi connectivity index (χ2v) is 12.3. The van der Waals surface area contributed by atoms with Crippen LogP contribution in [0.2, 0.25) is 5.02 Å². The summed E-state index contributed by atoms with van der Waals surface area (Å²) in [6, 6.07) is 11.0. The smallest absolute Gasteiger partial charge is 0.308 e. The largest absolute Gasteiger partial charge is 0.489 e. The molecule has 0 aliphatic carbocycles. The Bertz CT molecular complexity index is 1300. The van der Waals surface area contributed by atoms with Crippen LogP contribution in [0.4, 0.5) is 5.69 Å². The predicted molar refractivity (Wildman–Crippen MR) is 147 cm³/mol. The number of piperidine rings is 1. The van der Waals surface area contributed by atoms with Gasteiger partial charge in [-0.1, -0.05) is 56.6 Å². The fourth-order valence-electron chi connectivity index (χ4n) is 5.85. The first-order chi connectivity index (χ1) is 18.5. The molecule has 3 heterocycles. The van der Waals surface area contributed by atoms with Gasteiger partial charge in [0.1, 0.15) is 24.6 Å². The molecule has 0 radical (unpaired) electrons. The Labute approximate surface area is 233 Å². The van der Waals surface area contributed by atoms with Gasteiger partial charge in [0, 0.05) is 29.2 Å². The molecule has 39 heavy (non-hydrogen) atoms. The van der Waals surface area contributed by atoms with Crippen LogP contribution in [0.1, 0.15) is 62.8 Å². The molecule has 0 spiro atoms. The van der Waals surface area contributed by atoms with Gasteiger partial charge in [-0.15, -0.1) is 0 Å². The van der Waals surface area contributed by atoms with Crippen molar-refractivity contribution in [3.8, 4) is 5.75 Å². The van der Waals surface area contributed by atoms with Crippen LogP contribution in [0.5, 0.6) is 5.75 Å². The van der Waals surface area contributed by atoms with E-state index in [-0.39, 0.29) is 36.2 Å². The topological polar surface area (TPSA) is 96.4 Å². The Hall–Kier alpha value is -3.10. The Balaban J connectivity index is 1.60. The number of amides is 2. The minimum Gasteiger partial charge on any atom is -0.489 e. The van der Waals surface area contributed by atoms with Crippen LogP contribution >= 0.6 is 11.6 Å². The summed E-state index contributed by atoms with van der Waals surface area (Å²) in [4.78, 5) is 42.8. The first-order valence-corrected chi connectivity index (χ1v) is 13.8. The molecule has 5 rings (SSSR count). The average Bonchev–Trinajstić information content (AvgIpc) is 3.00. The Kier molecular flexibility index (Phi) is 7.37. The second-order valence-electron chi connectivity index (χ2n) is 11.8. The number of halogens is 1. The number of aliphatic carboxylic acids is 1. The molecule has 0 unspecified atom stereocenters. The van der Waals surface area contributed by atoms with E-state index in [9.17, 15) is 19.5 Å². The number of carboxylic acids is 1. The molecule has 2 amide bonds. The summed E-state index contributed by atoms with van der Waals surface area (Å²) in [7, 11) is 0. The van der Waals surface area contributed by atoms with Gasteiger partial charge in [-0.2, -0.15) is 0 Å². The van der Waals surface area contributed by atoms with Gasteiger partial charge in [0.25, 0.3) is 5.91 Å². The second kappa shape index (κ2) is 10.5. The number of benzene rings is 2. The van der Waals surface area contributed by atoms with E-state index >= 15 is 0 Å². The van der Waals surface area contributed by atoms with Gasteiger partial charge in [0.2, 0.25) is 5.91 Å². The molecule has 2 aromatic rings. The number of carbonyl (C=O) groups excluding carboxylic acids is 2. The van der Waals surface area contributed by atoms with Crippen molar-refractivity contribution in [2.75, 3.05) is 24.6 Å². The maximum Gasteiger partial charge on any atom is 0.308 e. The summed E-state index contributed by atoms with van der Waals surface area (Å²) in [6.45, 7) is 9.05. The van der Waals surface area contributed by atoms with E-state index < -0.39 is 24.1 Å². The van der Waals surface area contributed by atoms with E-state index in [0.717, 1.165) is 11.1 Å². The zero-order valence-electron chi connectivity index (χ0n) is 22.8. The van der Waals surface area contributed by atoms with Crippen LogP contribution in [-0.4, -0.2) is 59.6 Å². The number of hydrogen-bond donors (Lipinski definition) is 1. The van der Waals surface area contributed by atoms with Crippen LogP contribution < -0.4 is 9.64 Å². The van der Waals surface area contributed by atoms with Gasteiger partial charge in [0.15, 0.2) is 0 Å². The number of rotatable bonds is 4. The number of hydrogen-bond acceptors (Lipinski definition) is 5. The molecule has 1 fully saturated rings. The Morgan fingerprint density at radius 1 is 1.15 bits per heavy atom. The van der Waals surface area contributed by atoms with E-state index in [0.29, 0.717) is 48.0 Å². The normalized spacial score (nSPS) is 25.0. The molecule has 0 bridgehead atoms. The highest BCUT2D eigenvalue weighted by Crippen LogP contribution is 2.49. The van der Waals surface area contributed by atoms with Crippen LogP contribution in [0.15, 0.2) is 36.4 Å². The molecule has 4 atom stereocenters. The molecule has 1 N–H and O–H groups in total. The van der Waals surface area contributed by atoms with Crippen LogP contribution in [0, 0.1) is 18.3 Å². The van der Waals surface area contributed by atoms with Gasteiger partial charge >= 0.3 is 5.97 Å². The van der Waals surface area contributed by atoms with Gasteiger partial charge in [-0.25, -0.2) is 0 Å². The first-order valence-electron chi connectivity index (χ1n) is 13.5. The van der Waals surface area contributed by atoms with E-state index in [1.807, 2.05) is 37.3 Å². The van der Waals surface area contributed by atoms with Crippen LogP contribution in [0.3, 0.4) is 0 Å². The Morgan fingerprint density at radius 2 is 1.90 bits per heavy atom. The molecule has 8 nitrogen and oxygen atoms in total. The molecule has 0 aromatic heterocycles. The molecule has 0 saturated carbocycles. The van der Waals surface area contributed by atoms with Crippen molar-refractivity contribution in [2.24, 2.45) is 11.3 Å². The third-order valence-corrected chi connectivity index (χ3v) is 8.31. The average molecular weight is 555 g/mol. The standard InChI is InChI=1S/C30H35ClN2O6/c1-17-12-20-26-22(13-17)38-16-24(30(2,3)4)33(26)28(35)23(39-27(20)19-9-5-6-10-21(19)31)14-25(34)32-11-7-8-18(15-32)29(36)37/h5-6,9-10,12-13,18,23-24,27H,7-8,11,14-16H2,1-4H3,(H,36,37)/t18-,23+,24-,27+/m0/s1. The molecule has 1 saturated heterocycles. The summed E-state index contributed by atoms with van der Waals surface area (Å²) < 4.78 is 12.8. The minimum absolute atomic E-state index is 0.134. The molecule has 9 heteroatoms. The number of carbonyl (C=O) groups is 3. The van der Waals surface area contributed by atoms with Crippen molar-refractivity contribution in [1.82, 2.24) is 4.90 Å². The lowest BCUT2D eigenvalue weighted by Crippen LogP contribution is -2.56. The molecule has 3 aliphatic rings. The third kappa shape index (κ3) is 5.24. The fraction of sp³-hybridized carbons (Fsp3) is 0.500. The number of anilines is 1. The van der Waals surface area contributed by atoms with Gasteiger partial charge in [-0.05, 0) is 42.9 Å². The van der Waals surface area contributed by atoms with E-state index in [1.165, 1.54) is 0 Å². The summed E-state index contributed by atoms with van der Waals surface area (Å²) in [5.74, 6) is -1.51. The lowest BCUT2D eigenvalue weighted by atomic mass is 9.84. The number of likely N-dealkylation sites (tertiary alicyclic amines) is 1. The van der Waals surface area contributed by atoms with Crippen molar-refractivity contribution in [1.29, 1.82) is 0 Å². The number of nitrogens with zero attached hydrogens (tertiary/aromatic N) is 2. The first kappa shape index (κ1) is 27.5. The maximum atomic E-state index is 14.4. The molecule has 2 aromatic carbocycles. The van der Waals surface area contributed by atoms with E-state index in [2.05, 4.69) is 20.8 Å². The molecule has 208 valence electrons. The number of carboxylic acid groups (broad SMARTS) is 1. The SMILES string of the molecule is Cc1cc2c3c(c1)[C@@H](c1ccccc1Cl)O[C@H](CC(=O)N1CCC[C@H](C(=O)O)C1)C(=O)N3[C@H](C(C)(C)C)CO2. The summed E-state index contributed by atoms with van der Waals surface area (Å²) in [5.41, 5.74) is 2.74. The molecular weight excluding hydrogens is 520 g/mol. The number of ether oxygens (including phenoxy) is 2. The summed E-state index contributed by atoms with van der Waals surface area (Å²) >= 11 is 6.66. The van der Waals surface area contributed by atoms with Crippen molar-refractivity contribution < 1.29 is 29.0 Å². The highest BCUT2D eigenvalue weighted by atomic mass is 35.5. The van der Waals surface area contributed by atoms with Crippen LogP contribution in [0.25, 0.3) is 0 Å². The highest BCUT2D eigenvalue weighted by Gasteiger charge is 2.48. The van der Waals surface area contributed by atoms with Gasteiger partial charge in [-0.3, -0.25) is 19.3 Å². The fourth-order valence-corrected chi connectivity index (χ4v) is 6.08. The molecular formula is C30H35ClN2O6. The van der Waals surface area contributed by atoms with Crippen molar-refractivity contribution >= 4 is 35.1 Å². The molecule has 3 aliphatic heterocycles. The quantitative estimate of drug-likeness (QED) is 0.572. The van der Waals surface area contributed by atoms with Gasteiger partial charge < -0.3 is 19.5 Å². The summed E-state index contributed by atoms with van der Waals surface area (Å²) in [6.07, 6.45) is -0.858.